The lowest BCUT2D eigenvalue weighted by Gasteiger charge is -2.36. The fourth-order valence-electron chi connectivity index (χ4n) is 4.47. The molecule has 1 N–H and O–H groups in total. The quantitative estimate of drug-likeness (QED) is 0.297. The van der Waals surface area contributed by atoms with Gasteiger partial charge >= 0.3 is 0 Å². The van der Waals surface area contributed by atoms with Crippen LogP contribution in [-0.2, 0) is 13.2 Å². The van der Waals surface area contributed by atoms with E-state index in [2.05, 4.69) is 44.5 Å². The molecular weight excluding hydrogens is 464 g/mol. The fourth-order valence-corrected chi connectivity index (χ4v) is 4.47. The van der Waals surface area contributed by atoms with Crippen molar-refractivity contribution in [1.82, 2.24) is 15.4 Å². The Kier molecular flexibility index (Phi) is 8.35. The number of hydrogen-bond donors (Lipinski definition) is 1. The Hall–Kier alpha value is -3.81. The van der Waals surface area contributed by atoms with Gasteiger partial charge in [-0.05, 0) is 54.1 Å². The second-order valence-corrected chi connectivity index (χ2v) is 9.18. The van der Waals surface area contributed by atoms with E-state index in [-0.39, 0.29) is 0 Å². The van der Waals surface area contributed by atoms with E-state index in [0.29, 0.717) is 13.2 Å². The van der Waals surface area contributed by atoms with Crippen LogP contribution in [0.15, 0.2) is 89.5 Å². The van der Waals surface area contributed by atoms with Gasteiger partial charge in [-0.1, -0.05) is 35.5 Å². The Bertz CT molecular complexity index is 1220. The second-order valence-electron chi connectivity index (χ2n) is 9.18. The molecule has 3 aromatic carbocycles. The number of piperazine rings is 1. The first kappa shape index (κ1) is 24.9. The number of rotatable bonds is 11. The van der Waals surface area contributed by atoms with Gasteiger partial charge in [0.25, 0.3) is 0 Å². The lowest BCUT2D eigenvalue weighted by molar-refractivity contribution is 0.255. The van der Waals surface area contributed by atoms with Crippen molar-refractivity contribution in [3.63, 3.8) is 0 Å². The van der Waals surface area contributed by atoms with Crippen molar-refractivity contribution < 1.29 is 14.0 Å². The van der Waals surface area contributed by atoms with Crippen LogP contribution >= 0.6 is 0 Å². The number of methoxy groups -OCH3 is 1. The molecule has 0 atom stereocenters. The van der Waals surface area contributed by atoms with Crippen molar-refractivity contribution >= 4 is 5.69 Å². The number of nitrogens with one attached hydrogen (secondary N) is 1. The summed E-state index contributed by atoms with van der Waals surface area (Å²) in [4.78, 5) is 4.93. The van der Waals surface area contributed by atoms with Crippen LogP contribution in [0.5, 0.6) is 11.5 Å². The largest absolute Gasteiger partial charge is 0.497 e. The van der Waals surface area contributed by atoms with E-state index < -0.39 is 0 Å². The Balaban J connectivity index is 1.01. The van der Waals surface area contributed by atoms with Crippen molar-refractivity contribution in [2.24, 2.45) is 0 Å². The predicted molar refractivity (Wildman–Crippen MR) is 146 cm³/mol. The van der Waals surface area contributed by atoms with Gasteiger partial charge in [-0.25, -0.2) is 0 Å². The second kappa shape index (κ2) is 12.4. The zero-order valence-electron chi connectivity index (χ0n) is 21.3. The van der Waals surface area contributed by atoms with Crippen molar-refractivity contribution in [3.05, 3.63) is 96.3 Å². The number of benzene rings is 3. The number of anilines is 1. The summed E-state index contributed by atoms with van der Waals surface area (Å²) in [6, 6.07) is 28.5. The Morgan fingerprint density at radius 1 is 0.865 bits per heavy atom. The molecule has 7 nitrogen and oxygen atoms in total. The summed E-state index contributed by atoms with van der Waals surface area (Å²) < 4.78 is 16.7. The van der Waals surface area contributed by atoms with Crippen LogP contribution in [-0.4, -0.2) is 56.4 Å². The molecule has 192 valence electrons. The van der Waals surface area contributed by atoms with Gasteiger partial charge in [0.15, 0.2) is 5.76 Å². The molecule has 37 heavy (non-hydrogen) atoms. The van der Waals surface area contributed by atoms with E-state index in [9.17, 15) is 0 Å². The van der Waals surface area contributed by atoms with E-state index in [1.165, 1.54) is 5.69 Å². The van der Waals surface area contributed by atoms with Crippen LogP contribution in [0.1, 0.15) is 11.3 Å². The van der Waals surface area contributed by atoms with Gasteiger partial charge in [-0.3, -0.25) is 4.90 Å². The van der Waals surface area contributed by atoms with E-state index in [4.69, 9.17) is 14.0 Å². The number of nitrogens with zero attached hydrogens (tertiary/aromatic N) is 3. The maximum absolute atomic E-state index is 5.88. The van der Waals surface area contributed by atoms with Crippen LogP contribution in [0.4, 0.5) is 5.69 Å². The minimum atomic E-state index is 0.554. The molecule has 1 fully saturated rings. The molecule has 7 heteroatoms. The molecule has 1 aromatic heterocycles. The summed E-state index contributed by atoms with van der Waals surface area (Å²) in [5.41, 5.74) is 4.25. The number of hydrogen-bond acceptors (Lipinski definition) is 7. The molecule has 1 aliphatic heterocycles. The summed E-state index contributed by atoms with van der Waals surface area (Å²) in [6.07, 6.45) is 0. The normalized spacial score (nSPS) is 14.0. The predicted octanol–water partition coefficient (Wildman–Crippen LogP) is 4.84. The van der Waals surface area contributed by atoms with Crippen LogP contribution in [0, 0.1) is 0 Å². The molecule has 0 spiro atoms. The van der Waals surface area contributed by atoms with Gasteiger partial charge in [0, 0.05) is 56.6 Å². The Labute approximate surface area is 218 Å². The van der Waals surface area contributed by atoms with Crippen molar-refractivity contribution in [2.45, 2.75) is 13.2 Å². The summed E-state index contributed by atoms with van der Waals surface area (Å²) in [5, 5.41) is 7.73. The standard InChI is InChI=1S/C30H34N4O3/c1-35-27-13-9-26(10-14-27)34-19-17-33(18-20-34)16-15-31-22-29-21-30(32-37-29)25-7-11-28(12-8-25)36-23-24-5-3-2-4-6-24/h2-14,21,31H,15-20,22-23H2,1H3. The molecular formula is C30H34N4O3. The maximum Gasteiger partial charge on any atom is 0.151 e. The molecule has 0 saturated carbocycles. The van der Waals surface area contributed by atoms with Crippen LogP contribution in [0.2, 0.25) is 0 Å². The van der Waals surface area contributed by atoms with Gasteiger partial charge in [0.1, 0.15) is 23.8 Å². The average molecular weight is 499 g/mol. The minimum Gasteiger partial charge on any atom is -0.497 e. The Morgan fingerprint density at radius 2 is 1.59 bits per heavy atom. The molecule has 2 heterocycles. The summed E-state index contributed by atoms with van der Waals surface area (Å²) in [5.74, 6) is 2.57. The fraction of sp³-hybridized carbons (Fsp3) is 0.300. The summed E-state index contributed by atoms with van der Waals surface area (Å²) in [6.45, 7) is 7.33. The van der Waals surface area contributed by atoms with Gasteiger partial charge in [-0.2, -0.15) is 0 Å². The van der Waals surface area contributed by atoms with Crippen molar-refractivity contribution in [2.75, 3.05) is 51.3 Å². The van der Waals surface area contributed by atoms with Crippen molar-refractivity contribution in [3.8, 4) is 22.8 Å². The van der Waals surface area contributed by atoms with Crippen LogP contribution in [0.25, 0.3) is 11.3 Å². The first-order valence-corrected chi connectivity index (χ1v) is 12.8. The van der Waals surface area contributed by atoms with E-state index in [1.807, 2.05) is 60.7 Å². The zero-order chi connectivity index (χ0) is 25.3. The lowest BCUT2D eigenvalue weighted by atomic mass is 10.1. The van der Waals surface area contributed by atoms with Gasteiger partial charge in [-0.15, -0.1) is 0 Å². The molecule has 0 amide bonds. The highest BCUT2D eigenvalue weighted by Gasteiger charge is 2.17. The monoisotopic (exact) mass is 498 g/mol. The van der Waals surface area contributed by atoms with E-state index >= 15 is 0 Å². The Morgan fingerprint density at radius 3 is 2.32 bits per heavy atom. The molecule has 5 rings (SSSR count). The lowest BCUT2D eigenvalue weighted by Crippen LogP contribution is -2.48. The molecule has 1 saturated heterocycles. The first-order valence-electron chi connectivity index (χ1n) is 12.8. The first-order chi connectivity index (χ1) is 18.3. The maximum atomic E-state index is 5.88. The SMILES string of the molecule is COc1ccc(N2CCN(CCNCc3cc(-c4ccc(OCc5ccccc5)cc4)no3)CC2)cc1. The molecule has 0 bridgehead atoms. The smallest absolute Gasteiger partial charge is 0.151 e. The van der Waals surface area contributed by atoms with Gasteiger partial charge in [0.2, 0.25) is 0 Å². The molecule has 0 unspecified atom stereocenters. The third kappa shape index (κ3) is 6.90. The van der Waals surface area contributed by atoms with Gasteiger partial charge < -0.3 is 24.2 Å². The highest BCUT2D eigenvalue weighted by atomic mass is 16.5. The summed E-state index contributed by atoms with van der Waals surface area (Å²) >= 11 is 0. The highest BCUT2D eigenvalue weighted by Crippen LogP contribution is 2.23. The van der Waals surface area contributed by atoms with E-state index in [0.717, 1.165) is 73.3 Å². The van der Waals surface area contributed by atoms with Crippen LogP contribution < -0.4 is 19.7 Å². The average Bonchev–Trinajstić information content (AvgIpc) is 3.44. The highest BCUT2D eigenvalue weighted by molar-refractivity contribution is 5.59. The molecule has 0 aliphatic carbocycles. The number of aromatic nitrogens is 1. The third-order valence-electron chi connectivity index (χ3n) is 6.67. The minimum absolute atomic E-state index is 0.554. The number of ether oxygens (including phenoxy) is 2. The van der Waals surface area contributed by atoms with E-state index in [1.54, 1.807) is 7.11 Å². The zero-order valence-corrected chi connectivity index (χ0v) is 21.3. The van der Waals surface area contributed by atoms with Crippen molar-refractivity contribution in [1.29, 1.82) is 0 Å². The van der Waals surface area contributed by atoms with Crippen LogP contribution in [0.3, 0.4) is 0 Å². The van der Waals surface area contributed by atoms with Gasteiger partial charge in [0.05, 0.1) is 13.7 Å². The topological polar surface area (TPSA) is 63.0 Å². The molecule has 1 aliphatic rings. The third-order valence-corrected chi connectivity index (χ3v) is 6.67. The molecule has 0 radical (unpaired) electrons. The molecule has 4 aromatic rings. The summed E-state index contributed by atoms with van der Waals surface area (Å²) in [7, 11) is 1.70.